The van der Waals surface area contributed by atoms with Gasteiger partial charge in [-0.15, -0.1) is 0 Å². The summed E-state index contributed by atoms with van der Waals surface area (Å²) in [6, 6.07) is 5.15. The molecule has 0 aromatic heterocycles. The lowest BCUT2D eigenvalue weighted by atomic mass is 10.0. The molecule has 5 heteroatoms. The van der Waals surface area contributed by atoms with Crippen molar-refractivity contribution in [3.63, 3.8) is 0 Å². The number of nitrogens with one attached hydrogen (secondary N) is 1. The minimum absolute atomic E-state index is 0.0519. The molecule has 1 atom stereocenters. The zero-order chi connectivity index (χ0) is 15.8. The number of amides is 1. The SMILES string of the molecule is COc1ccc(CC(=O)NC(CO)CC(C)C)c(OC)c1. The molecule has 0 spiro atoms. The Bertz CT molecular complexity index is 460. The number of ether oxygens (including phenoxy) is 2. The fourth-order valence-corrected chi connectivity index (χ4v) is 2.20. The zero-order valence-electron chi connectivity index (χ0n) is 13.2. The normalized spacial score (nSPS) is 12.1. The lowest BCUT2D eigenvalue weighted by Crippen LogP contribution is -2.39. The minimum atomic E-state index is -0.207. The largest absolute Gasteiger partial charge is 0.497 e. The standard InChI is InChI=1S/C16H25NO4/c1-11(2)7-13(10-18)17-16(19)8-12-5-6-14(20-3)9-15(12)21-4/h5-6,9,11,13,18H,7-8,10H2,1-4H3,(H,17,19). The van der Waals surface area contributed by atoms with E-state index in [4.69, 9.17) is 9.47 Å². The van der Waals surface area contributed by atoms with Crippen molar-refractivity contribution >= 4 is 5.91 Å². The van der Waals surface area contributed by atoms with Gasteiger partial charge in [0.15, 0.2) is 0 Å². The number of carbonyl (C=O) groups is 1. The Morgan fingerprint density at radius 1 is 1.29 bits per heavy atom. The van der Waals surface area contributed by atoms with E-state index in [-0.39, 0.29) is 25.0 Å². The molecule has 2 N–H and O–H groups in total. The van der Waals surface area contributed by atoms with Crippen LogP contribution in [0.1, 0.15) is 25.8 Å². The zero-order valence-corrected chi connectivity index (χ0v) is 13.2. The highest BCUT2D eigenvalue weighted by Gasteiger charge is 2.15. The molecule has 1 aromatic carbocycles. The summed E-state index contributed by atoms with van der Waals surface area (Å²) in [7, 11) is 3.14. The van der Waals surface area contributed by atoms with Crippen LogP contribution in [0.15, 0.2) is 18.2 Å². The summed E-state index contributed by atoms with van der Waals surface area (Å²) in [6.45, 7) is 4.06. The van der Waals surface area contributed by atoms with Gasteiger partial charge in [0.25, 0.3) is 0 Å². The van der Waals surface area contributed by atoms with Crippen molar-refractivity contribution in [1.82, 2.24) is 5.32 Å². The molecule has 5 nitrogen and oxygen atoms in total. The highest BCUT2D eigenvalue weighted by atomic mass is 16.5. The molecule has 118 valence electrons. The molecule has 0 bridgehead atoms. The third-order valence-electron chi connectivity index (χ3n) is 3.19. The number of rotatable bonds is 8. The quantitative estimate of drug-likeness (QED) is 0.767. The number of carbonyl (C=O) groups excluding carboxylic acids is 1. The molecule has 0 aliphatic heterocycles. The summed E-state index contributed by atoms with van der Waals surface area (Å²) in [5.41, 5.74) is 0.789. The van der Waals surface area contributed by atoms with Crippen molar-refractivity contribution in [3.05, 3.63) is 23.8 Å². The average molecular weight is 295 g/mol. The Labute approximate surface area is 126 Å². The maximum Gasteiger partial charge on any atom is 0.224 e. The number of hydrogen-bond donors (Lipinski definition) is 2. The van der Waals surface area contributed by atoms with Gasteiger partial charge >= 0.3 is 0 Å². The molecule has 1 amide bonds. The van der Waals surface area contributed by atoms with Crippen LogP contribution in [0.5, 0.6) is 11.5 Å². The van der Waals surface area contributed by atoms with E-state index in [9.17, 15) is 9.90 Å². The van der Waals surface area contributed by atoms with Gasteiger partial charge in [-0.25, -0.2) is 0 Å². The maximum atomic E-state index is 12.1. The first-order valence-corrected chi connectivity index (χ1v) is 7.11. The monoisotopic (exact) mass is 295 g/mol. The second-order valence-electron chi connectivity index (χ2n) is 5.43. The second-order valence-corrected chi connectivity index (χ2v) is 5.43. The van der Waals surface area contributed by atoms with E-state index in [1.165, 1.54) is 0 Å². The summed E-state index contributed by atoms with van der Waals surface area (Å²) >= 11 is 0. The molecule has 0 saturated carbocycles. The summed E-state index contributed by atoms with van der Waals surface area (Å²) in [4.78, 5) is 12.1. The third kappa shape index (κ3) is 5.63. The lowest BCUT2D eigenvalue weighted by molar-refractivity contribution is -0.121. The summed E-state index contributed by atoms with van der Waals surface area (Å²) in [5, 5.41) is 12.2. The fourth-order valence-electron chi connectivity index (χ4n) is 2.20. The van der Waals surface area contributed by atoms with Crippen LogP contribution >= 0.6 is 0 Å². The smallest absolute Gasteiger partial charge is 0.224 e. The van der Waals surface area contributed by atoms with E-state index in [1.807, 2.05) is 6.07 Å². The summed E-state index contributed by atoms with van der Waals surface area (Å²) in [6.07, 6.45) is 0.962. The topological polar surface area (TPSA) is 67.8 Å². The Morgan fingerprint density at radius 3 is 2.52 bits per heavy atom. The van der Waals surface area contributed by atoms with Gasteiger partial charge in [-0.05, 0) is 18.4 Å². The van der Waals surface area contributed by atoms with Gasteiger partial charge < -0.3 is 19.9 Å². The van der Waals surface area contributed by atoms with Crippen molar-refractivity contribution in [3.8, 4) is 11.5 Å². The molecule has 21 heavy (non-hydrogen) atoms. The van der Waals surface area contributed by atoms with Crippen LogP contribution in [0, 0.1) is 5.92 Å². The first-order valence-electron chi connectivity index (χ1n) is 7.11. The third-order valence-corrected chi connectivity index (χ3v) is 3.19. The second kappa shape index (κ2) is 8.52. The van der Waals surface area contributed by atoms with E-state index in [1.54, 1.807) is 26.4 Å². The highest BCUT2D eigenvalue weighted by Crippen LogP contribution is 2.24. The summed E-state index contributed by atoms with van der Waals surface area (Å²) in [5.74, 6) is 1.59. The van der Waals surface area contributed by atoms with E-state index in [0.717, 1.165) is 12.0 Å². The molecular formula is C16H25NO4. The summed E-state index contributed by atoms with van der Waals surface area (Å²) < 4.78 is 10.4. The van der Waals surface area contributed by atoms with Gasteiger partial charge in [-0.1, -0.05) is 19.9 Å². The van der Waals surface area contributed by atoms with Crippen LogP contribution < -0.4 is 14.8 Å². The van der Waals surface area contributed by atoms with Crippen molar-refractivity contribution in [2.24, 2.45) is 5.92 Å². The number of hydrogen-bond acceptors (Lipinski definition) is 4. The molecule has 0 fully saturated rings. The number of aliphatic hydroxyl groups excluding tert-OH is 1. The molecule has 1 unspecified atom stereocenters. The predicted molar refractivity (Wildman–Crippen MR) is 81.7 cm³/mol. The Morgan fingerprint density at radius 2 is 2.00 bits per heavy atom. The Kier molecular flexibility index (Phi) is 7.02. The van der Waals surface area contributed by atoms with Gasteiger partial charge in [0.2, 0.25) is 5.91 Å². The van der Waals surface area contributed by atoms with Crippen molar-refractivity contribution < 1.29 is 19.4 Å². The van der Waals surface area contributed by atoms with E-state index in [2.05, 4.69) is 19.2 Å². The van der Waals surface area contributed by atoms with Crippen LogP contribution in [0.3, 0.4) is 0 Å². The van der Waals surface area contributed by atoms with Crippen LogP contribution in [0.2, 0.25) is 0 Å². The number of aliphatic hydroxyl groups is 1. The molecule has 1 rings (SSSR count). The van der Waals surface area contributed by atoms with Crippen LogP contribution in [0.25, 0.3) is 0 Å². The average Bonchev–Trinajstić information content (AvgIpc) is 2.46. The maximum absolute atomic E-state index is 12.1. The van der Waals surface area contributed by atoms with E-state index in [0.29, 0.717) is 17.4 Å². The fraction of sp³-hybridized carbons (Fsp3) is 0.562. The van der Waals surface area contributed by atoms with Gasteiger partial charge in [0.1, 0.15) is 11.5 Å². The Balaban J connectivity index is 2.69. The number of benzene rings is 1. The van der Waals surface area contributed by atoms with E-state index < -0.39 is 0 Å². The van der Waals surface area contributed by atoms with Crippen LogP contribution in [-0.4, -0.2) is 37.9 Å². The van der Waals surface area contributed by atoms with Gasteiger partial charge in [-0.2, -0.15) is 0 Å². The predicted octanol–water partition coefficient (Wildman–Crippen LogP) is 1.77. The number of methoxy groups -OCH3 is 2. The van der Waals surface area contributed by atoms with Crippen molar-refractivity contribution in [2.45, 2.75) is 32.7 Å². The van der Waals surface area contributed by atoms with Gasteiger partial charge in [0, 0.05) is 11.6 Å². The molecule has 0 aliphatic carbocycles. The van der Waals surface area contributed by atoms with E-state index >= 15 is 0 Å². The first-order chi connectivity index (χ1) is 9.99. The van der Waals surface area contributed by atoms with Crippen LogP contribution in [-0.2, 0) is 11.2 Å². The van der Waals surface area contributed by atoms with Gasteiger partial charge in [0.05, 0.1) is 33.3 Å². The van der Waals surface area contributed by atoms with Crippen molar-refractivity contribution in [2.75, 3.05) is 20.8 Å². The van der Waals surface area contributed by atoms with Crippen LogP contribution in [0.4, 0.5) is 0 Å². The van der Waals surface area contributed by atoms with Crippen molar-refractivity contribution in [1.29, 1.82) is 0 Å². The van der Waals surface area contributed by atoms with Gasteiger partial charge in [-0.3, -0.25) is 4.79 Å². The molecule has 0 radical (unpaired) electrons. The minimum Gasteiger partial charge on any atom is -0.497 e. The molecule has 0 saturated heterocycles. The Hall–Kier alpha value is -1.75. The molecule has 0 aliphatic rings. The first kappa shape index (κ1) is 17.3. The molecule has 0 heterocycles. The lowest BCUT2D eigenvalue weighted by Gasteiger charge is -2.18. The molecule has 1 aromatic rings. The highest BCUT2D eigenvalue weighted by molar-refractivity contribution is 5.79. The molecular weight excluding hydrogens is 270 g/mol.